The topological polar surface area (TPSA) is 87.8 Å². The molecule has 6 nitrogen and oxygen atoms in total. The molecule has 1 saturated heterocycles. The molecule has 0 spiro atoms. The minimum atomic E-state index is -1.17. The van der Waals surface area contributed by atoms with Crippen molar-refractivity contribution in [2.45, 2.75) is 33.2 Å². The highest BCUT2D eigenvalue weighted by Gasteiger charge is 2.31. The van der Waals surface area contributed by atoms with E-state index in [9.17, 15) is 14.4 Å². The number of likely N-dealkylation sites (tertiary alicyclic amines) is 1. The molecular formula is C13H15NO5. The van der Waals surface area contributed by atoms with Crippen molar-refractivity contribution in [3.8, 4) is 0 Å². The zero-order chi connectivity index (χ0) is 14.2. The number of furan rings is 1. The maximum absolute atomic E-state index is 11.8. The van der Waals surface area contributed by atoms with Gasteiger partial charge < -0.3 is 9.52 Å². The molecule has 0 saturated carbocycles. The lowest BCUT2D eigenvalue weighted by molar-refractivity contribution is -0.150. The number of hydrogen-bond donors (Lipinski definition) is 1. The van der Waals surface area contributed by atoms with Crippen molar-refractivity contribution >= 4 is 17.8 Å². The molecule has 2 heterocycles. The molecule has 1 aromatic heterocycles. The van der Waals surface area contributed by atoms with Gasteiger partial charge >= 0.3 is 5.97 Å². The van der Waals surface area contributed by atoms with E-state index in [0.717, 1.165) is 0 Å². The minimum absolute atomic E-state index is 0.0660. The molecule has 0 bridgehead atoms. The van der Waals surface area contributed by atoms with Crippen LogP contribution in [-0.4, -0.2) is 27.8 Å². The van der Waals surface area contributed by atoms with E-state index >= 15 is 0 Å². The Morgan fingerprint density at radius 2 is 2.00 bits per heavy atom. The molecule has 0 radical (unpaired) electrons. The van der Waals surface area contributed by atoms with Gasteiger partial charge in [0.2, 0.25) is 17.6 Å². The molecule has 0 unspecified atom stereocenters. The quantitative estimate of drug-likeness (QED) is 0.838. The lowest BCUT2D eigenvalue weighted by Crippen LogP contribution is -2.42. The Morgan fingerprint density at radius 3 is 2.47 bits per heavy atom. The number of aromatic carboxylic acids is 1. The lowest BCUT2D eigenvalue weighted by atomic mass is 9.97. The number of carbonyl (C=O) groups excluding carboxylic acids is 2. The van der Waals surface area contributed by atoms with Gasteiger partial charge in [-0.15, -0.1) is 0 Å². The maximum Gasteiger partial charge on any atom is 0.371 e. The van der Waals surface area contributed by atoms with Crippen LogP contribution in [-0.2, 0) is 16.1 Å². The Balaban J connectivity index is 2.19. The molecule has 0 atom stereocenters. The third-order valence-corrected chi connectivity index (χ3v) is 3.21. The largest absolute Gasteiger partial charge is 0.475 e. The van der Waals surface area contributed by atoms with Gasteiger partial charge in [0.15, 0.2) is 0 Å². The van der Waals surface area contributed by atoms with Crippen LogP contribution in [0.2, 0.25) is 0 Å². The van der Waals surface area contributed by atoms with Gasteiger partial charge in [0, 0.05) is 18.4 Å². The number of carboxylic acids is 1. The molecule has 1 aliphatic rings. The third-order valence-electron chi connectivity index (χ3n) is 3.21. The number of hydrogen-bond acceptors (Lipinski definition) is 4. The molecule has 0 aromatic carbocycles. The summed E-state index contributed by atoms with van der Waals surface area (Å²) in [7, 11) is 0. The van der Waals surface area contributed by atoms with Crippen molar-refractivity contribution < 1.29 is 23.9 Å². The number of rotatable bonds is 3. The Kier molecular flexibility index (Phi) is 3.42. The molecule has 1 fully saturated rings. The smallest absolute Gasteiger partial charge is 0.371 e. The van der Waals surface area contributed by atoms with E-state index in [4.69, 9.17) is 9.52 Å². The summed E-state index contributed by atoms with van der Waals surface area (Å²) in [5, 5.41) is 8.83. The van der Waals surface area contributed by atoms with Crippen LogP contribution < -0.4 is 0 Å². The zero-order valence-electron chi connectivity index (χ0n) is 10.8. The van der Waals surface area contributed by atoms with Crippen molar-refractivity contribution in [2.24, 2.45) is 5.92 Å². The summed E-state index contributed by atoms with van der Waals surface area (Å²) >= 11 is 0. The van der Waals surface area contributed by atoms with Crippen LogP contribution in [0.4, 0.5) is 0 Å². The van der Waals surface area contributed by atoms with Gasteiger partial charge in [-0.2, -0.15) is 0 Å². The fourth-order valence-corrected chi connectivity index (χ4v) is 2.16. The summed E-state index contributed by atoms with van der Waals surface area (Å²) < 4.78 is 5.06. The van der Waals surface area contributed by atoms with Crippen molar-refractivity contribution in [3.05, 3.63) is 23.2 Å². The zero-order valence-corrected chi connectivity index (χ0v) is 10.8. The van der Waals surface area contributed by atoms with Crippen LogP contribution >= 0.6 is 0 Å². The van der Waals surface area contributed by atoms with Crippen LogP contribution in [0, 0.1) is 12.8 Å². The van der Waals surface area contributed by atoms with Gasteiger partial charge in [0.25, 0.3) is 0 Å². The summed E-state index contributed by atoms with van der Waals surface area (Å²) in [6.45, 7) is 3.55. The van der Waals surface area contributed by atoms with Crippen molar-refractivity contribution in [3.63, 3.8) is 0 Å². The van der Waals surface area contributed by atoms with Crippen LogP contribution in [0.3, 0.4) is 0 Å². The SMILES string of the molecule is Cc1oc(C(=O)O)cc1CN1C(=O)CC(C)CC1=O. The van der Waals surface area contributed by atoms with E-state index in [1.165, 1.54) is 11.0 Å². The van der Waals surface area contributed by atoms with E-state index in [1.807, 2.05) is 6.92 Å². The van der Waals surface area contributed by atoms with Crippen LogP contribution in [0.15, 0.2) is 10.5 Å². The summed E-state index contributed by atoms with van der Waals surface area (Å²) in [5.41, 5.74) is 0.550. The number of piperidine rings is 1. The van der Waals surface area contributed by atoms with E-state index in [0.29, 0.717) is 24.2 Å². The molecule has 1 N–H and O–H groups in total. The first-order valence-corrected chi connectivity index (χ1v) is 6.04. The molecule has 1 aliphatic heterocycles. The highest BCUT2D eigenvalue weighted by Crippen LogP contribution is 2.23. The number of aryl methyl sites for hydroxylation is 1. The normalized spacial score (nSPS) is 17.1. The standard InChI is InChI=1S/C13H15NO5/c1-7-3-11(15)14(12(16)4-7)6-9-5-10(13(17)18)19-8(9)2/h5,7H,3-4,6H2,1-2H3,(H,17,18). The van der Waals surface area contributed by atoms with Crippen molar-refractivity contribution in [1.82, 2.24) is 4.90 Å². The second kappa shape index (κ2) is 4.87. The molecule has 1 aromatic rings. The number of carboxylic acid groups (broad SMARTS) is 1. The van der Waals surface area contributed by atoms with Crippen LogP contribution in [0.5, 0.6) is 0 Å². The first-order valence-electron chi connectivity index (χ1n) is 6.04. The van der Waals surface area contributed by atoms with Crippen molar-refractivity contribution in [2.75, 3.05) is 0 Å². The predicted octanol–water partition coefficient (Wildman–Crippen LogP) is 1.57. The summed E-state index contributed by atoms with van der Waals surface area (Å²) in [5.74, 6) is -1.31. The van der Waals surface area contributed by atoms with Gasteiger partial charge in [0.05, 0.1) is 6.54 Å². The first-order chi connectivity index (χ1) is 8.88. The first kappa shape index (κ1) is 13.3. The number of nitrogens with zero attached hydrogens (tertiary/aromatic N) is 1. The summed E-state index contributed by atoms with van der Waals surface area (Å²) in [6, 6.07) is 1.36. The minimum Gasteiger partial charge on any atom is -0.475 e. The molecule has 0 aliphatic carbocycles. The predicted molar refractivity (Wildman–Crippen MR) is 64.4 cm³/mol. The molecule has 102 valence electrons. The fourth-order valence-electron chi connectivity index (χ4n) is 2.16. The maximum atomic E-state index is 11.8. The Labute approximate surface area is 110 Å². The molecule has 19 heavy (non-hydrogen) atoms. The average Bonchev–Trinajstić information content (AvgIpc) is 2.65. The number of amides is 2. The van der Waals surface area contributed by atoms with E-state index in [-0.39, 0.29) is 30.0 Å². The average molecular weight is 265 g/mol. The van der Waals surface area contributed by atoms with Gasteiger partial charge in [-0.05, 0) is 18.9 Å². The van der Waals surface area contributed by atoms with Crippen LogP contribution in [0.25, 0.3) is 0 Å². The second-order valence-electron chi connectivity index (χ2n) is 4.88. The highest BCUT2D eigenvalue weighted by atomic mass is 16.4. The van der Waals surface area contributed by atoms with Gasteiger partial charge in [-0.1, -0.05) is 6.92 Å². The van der Waals surface area contributed by atoms with E-state index in [2.05, 4.69) is 0 Å². The second-order valence-corrected chi connectivity index (χ2v) is 4.88. The lowest BCUT2D eigenvalue weighted by Gasteiger charge is -2.28. The fraction of sp³-hybridized carbons (Fsp3) is 0.462. The monoisotopic (exact) mass is 265 g/mol. The Hall–Kier alpha value is -2.11. The molecular weight excluding hydrogens is 250 g/mol. The van der Waals surface area contributed by atoms with Gasteiger partial charge in [0.1, 0.15) is 5.76 Å². The van der Waals surface area contributed by atoms with Crippen LogP contribution in [0.1, 0.15) is 41.6 Å². The molecule has 2 amide bonds. The van der Waals surface area contributed by atoms with E-state index in [1.54, 1.807) is 6.92 Å². The highest BCUT2D eigenvalue weighted by molar-refractivity contribution is 5.97. The van der Waals surface area contributed by atoms with E-state index < -0.39 is 5.97 Å². The Bertz CT molecular complexity index is 527. The number of carbonyl (C=O) groups is 3. The number of imide groups is 1. The summed E-state index contributed by atoms with van der Waals surface area (Å²) in [4.78, 5) is 35.6. The van der Waals surface area contributed by atoms with Crippen molar-refractivity contribution in [1.29, 1.82) is 0 Å². The van der Waals surface area contributed by atoms with Gasteiger partial charge in [-0.3, -0.25) is 14.5 Å². The summed E-state index contributed by atoms with van der Waals surface area (Å²) in [6.07, 6.45) is 0.683. The Morgan fingerprint density at radius 1 is 1.42 bits per heavy atom. The molecule has 6 heteroatoms. The van der Waals surface area contributed by atoms with Gasteiger partial charge in [-0.25, -0.2) is 4.79 Å². The third kappa shape index (κ3) is 2.67. The molecule has 2 rings (SSSR count).